The number of ether oxygens (including phenoxy) is 1. The first-order chi connectivity index (χ1) is 12.6. The molecule has 0 unspecified atom stereocenters. The molecular weight excluding hydrogens is 324 g/mol. The summed E-state index contributed by atoms with van der Waals surface area (Å²) >= 11 is 0. The first-order valence-electron chi connectivity index (χ1n) is 9.37. The van der Waals surface area contributed by atoms with Crippen LogP contribution in [0.3, 0.4) is 0 Å². The van der Waals surface area contributed by atoms with Crippen molar-refractivity contribution in [2.45, 2.75) is 52.9 Å². The molecule has 1 amide bonds. The molecule has 1 aromatic carbocycles. The molecule has 0 atom stereocenters. The average Bonchev–Trinajstić information content (AvgIpc) is 2.65. The molecule has 0 fully saturated rings. The van der Waals surface area contributed by atoms with E-state index in [2.05, 4.69) is 30.2 Å². The van der Waals surface area contributed by atoms with Crippen LogP contribution in [0.1, 0.15) is 67.4 Å². The number of carbonyl (C=O) groups excluding carboxylic acids is 1. The summed E-state index contributed by atoms with van der Waals surface area (Å²) in [6.45, 7) is 6.17. The smallest absolute Gasteiger partial charge is 0.255 e. The number of nitrogens with one attached hydrogen (secondary N) is 1. The molecule has 0 spiro atoms. The van der Waals surface area contributed by atoms with Crippen molar-refractivity contribution in [2.24, 2.45) is 4.99 Å². The van der Waals surface area contributed by atoms with Gasteiger partial charge in [0.2, 0.25) is 0 Å². The van der Waals surface area contributed by atoms with Gasteiger partial charge in [0.05, 0.1) is 12.8 Å². The number of rotatable bonds is 10. The molecule has 26 heavy (non-hydrogen) atoms. The number of amides is 1. The third-order valence-electron chi connectivity index (χ3n) is 4.15. The van der Waals surface area contributed by atoms with Crippen LogP contribution in [0.15, 0.2) is 41.6 Å². The van der Waals surface area contributed by atoms with Crippen molar-refractivity contribution in [3.8, 4) is 5.75 Å². The fourth-order valence-electron chi connectivity index (χ4n) is 2.56. The maximum absolute atomic E-state index is 12.6. The van der Waals surface area contributed by atoms with Crippen molar-refractivity contribution in [1.29, 1.82) is 0 Å². The molecule has 0 heterocycles. The first-order valence-corrected chi connectivity index (χ1v) is 9.37. The van der Waals surface area contributed by atoms with E-state index in [0.29, 0.717) is 11.3 Å². The third kappa shape index (κ3) is 6.51. The van der Waals surface area contributed by atoms with E-state index in [1.54, 1.807) is 20.4 Å². The number of methoxy groups -OCH3 is 1. The van der Waals surface area contributed by atoms with Gasteiger partial charge in [-0.15, -0.1) is 0 Å². The van der Waals surface area contributed by atoms with Crippen molar-refractivity contribution in [3.63, 3.8) is 0 Å². The Morgan fingerprint density at radius 2 is 1.96 bits per heavy atom. The molecule has 4 nitrogen and oxygen atoms in total. The second-order valence-corrected chi connectivity index (χ2v) is 6.17. The highest BCUT2D eigenvalue weighted by Gasteiger charge is 2.15. The highest BCUT2D eigenvalue weighted by Crippen LogP contribution is 2.25. The van der Waals surface area contributed by atoms with Gasteiger partial charge in [0.15, 0.2) is 0 Å². The van der Waals surface area contributed by atoms with Gasteiger partial charge in [0, 0.05) is 29.9 Å². The Morgan fingerprint density at radius 3 is 2.58 bits per heavy atom. The van der Waals surface area contributed by atoms with Crippen LogP contribution in [0.25, 0.3) is 0 Å². The molecule has 0 aliphatic heterocycles. The van der Waals surface area contributed by atoms with E-state index in [9.17, 15) is 4.79 Å². The Kier molecular flexibility index (Phi) is 10.1. The van der Waals surface area contributed by atoms with E-state index in [4.69, 9.17) is 4.74 Å². The summed E-state index contributed by atoms with van der Waals surface area (Å²) in [5.41, 5.74) is 3.15. The minimum Gasteiger partial charge on any atom is -0.496 e. The van der Waals surface area contributed by atoms with Crippen LogP contribution in [0.4, 0.5) is 0 Å². The Bertz CT molecular complexity index is 673. The van der Waals surface area contributed by atoms with Crippen LogP contribution in [0.5, 0.6) is 5.75 Å². The van der Waals surface area contributed by atoms with Gasteiger partial charge in [-0.3, -0.25) is 9.79 Å². The Hall–Kier alpha value is -2.36. The Labute approximate surface area is 158 Å². The second-order valence-electron chi connectivity index (χ2n) is 6.17. The standard InChI is InChI=1S/C22H32N2O2/c1-6-8-10-11-13-20(23-4)18-15-19(17(3)21(16-18)26-5)22(25)24-14-12-9-7-2/h11-16H,6-10H2,1-5H3,(H,24,25)/b13-11-,14-12+,23-20?. The lowest BCUT2D eigenvalue weighted by Gasteiger charge is -2.13. The number of aliphatic imine (C=N–C) groups is 1. The van der Waals surface area contributed by atoms with Crippen LogP contribution >= 0.6 is 0 Å². The van der Waals surface area contributed by atoms with Gasteiger partial charge in [0.1, 0.15) is 5.75 Å². The van der Waals surface area contributed by atoms with E-state index in [-0.39, 0.29) is 5.91 Å². The molecule has 4 heteroatoms. The number of allylic oxidation sites excluding steroid dienone is 3. The lowest BCUT2D eigenvalue weighted by atomic mass is 9.99. The van der Waals surface area contributed by atoms with E-state index < -0.39 is 0 Å². The molecule has 0 radical (unpaired) electrons. The highest BCUT2D eigenvalue weighted by atomic mass is 16.5. The normalized spacial score (nSPS) is 12.1. The van der Waals surface area contributed by atoms with Gasteiger partial charge >= 0.3 is 0 Å². The molecule has 1 aromatic rings. The summed E-state index contributed by atoms with van der Waals surface area (Å²) in [6.07, 6.45) is 13.2. The highest BCUT2D eigenvalue weighted by molar-refractivity contribution is 6.10. The molecular formula is C22H32N2O2. The van der Waals surface area contributed by atoms with E-state index >= 15 is 0 Å². The number of unbranched alkanes of at least 4 members (excludes halogenated alkanes) is 3. The fraction of sp³-hybridized carbons (Fsp3) is 0.455. The molecule has 0 saturated carbocycles. The zero-order valence-corrected chi connectivity index (χ0v) is 16.8. The van der Waals surface area contributed by atoms with Crippen LogP contribution in [-0.4, -0.2) is 25.8 Å². The summed E-state index contributed by atoms with van der Waals surface area (Å²) in [5.74, 6) is 0.550. The van der Waals surface area contributed by atoms with Crippen LogP contribution < -0.4 is 10.1 Å². The number of hydrogen-bond donors (Lipinski definition) is 1. The van der Waals surface area contributed by atoms with Gasteiger partial charge in [0.25, 0.3) is 5.91 Å². The number of carbonyl (C=O) groups is 1. The molecule has 0 aliphatic rings. The zero-order valence-electron chi connectivity index (χ0n) is 16.8. The van der Waals surface area contributed by atoms with Crippen LogP contribution in [0, 0.1) is 6.92 Å². The van der Waals surface area contributed by atoms with Crippen molar-refractivity contribution in [3.05, 3.63) is 53.3 Å². The number of nitrogens with zero attached hydrogens (tertiary/aromatic N) is 1. The summed E-state index contributed by atoms with van der Waals surface area (Å²) in [7, 11) is 3.38. The maximum atomic E-state index is 12.6. The second kappa shape index (κ2) is 12.1. The summed E-state index contributed by atoms with van der Waals surface area (Å²) < 4.78 is 5.48. The lowest BCUT2D eigenvalue weighted by molar-refractivity contribution is 0.0969. The van der Waals surface area contributed by atoms with Crippen molar-refractivity contribution < 1.29 is 9.53 Å². The van der Waals surface area contributed by atoms with Gasteiger partial charge in [-0.25, -0.2) is 0 Å². The Morgan fingerprint density at radius 1 is 1.19 bits per heavy atom. The Balaban J connectivity index is 3.14. The zero-order chi connectivity index (χ0) is 19.4. The topological polar surface area (TPSA) is 50.7 Å². The van der Waals surface area contributed by atoms with Crippen molar-refractivity contribution in [2.75, 3.05) is 14.2 Å². The van der Waals surface area contributed by atoms with Crippen molar-refractivity contribution in [1.82, 2.24) is 5.32 Å². The molecule has 1 rings (SSSR count). The molecule has 1 N–H and O–H groups in total. The SMILES string of the molecule is CCC/C=C/NC(=O)c1cc(C(/C=C\CCCC)=NC)cc(OC)c1C. The van der Waals surface area contributed by atoms with Gasteiger partial charge in [-0.2, -0.15) is 0 Å². The molecule has 0 bridgehead atoms. The molecule has 0 aromatic heterocycles. The van der Waals surface area contributed by atoms with E-state index in [0.717, 1.165) is 48.9 Å². The lowest BCUT2D eigenvalue weighted by Crippen LogP contribution is -2.19. The van der Waals surface area contributed by atoms with Gasteiger partial charge < -0.3 is 10.1 Å². The number of benzene rings is 1. The van der Waals surface area contributed by atoms with Crippen molar-refractivity contribution >= 4 is 11.6 Å². The molecule has 0 saturated heterocycles. The molecule has 142 valence electrons. The van der Waals surface area contributed by atoms with E-state index in [1.165, 1.54) is 0 Å². The predicted molar refractivity (Wildman–Crippen MR) is 110 cm³/mol. The predicted octanol–water partition coefficient (Wildman–Crippen LogP) is 5.21. The first kappa shape index (κ1) is 21.7. The quantitative estimate of drug-likeness (QED) is 0.462. The van der Waals surface area contributed by atoms with Gasteiger partial charge in [-0.05, 0) is 38.0 Å². The summed E-state index contributed by atoms with van der Waals surface area (Å²) in [6, 6.07) is 3.82. The van der Waals surface area contributed by atoms with Gasteiger partial charge in [-0.1, -0.05) is 45.3 Å². The summed E-state index contributed by atoms with van der Waals surface area (Å²) in [4.78, 5) is 17.0. The minimum atomic E-state index is -0.139. The number of hydrogen-bond acceptors (Lipinski definition) is 3. The van der Waals surface area contributed by atoms with Crippen LogP contribution in [0.2, 0.25) is 0 Å². The third-order valence-corrected chi connectivity index (χ3v) is 4.15. The molecule has 0 aliphatic carbocycles. The van der Waals surface area contributed by atoms with Crippen LogP contribution in [-0.2, 0) is 0 Å². The largest absolute Gasteiger partial charge is 0.496 e. The monoisotopic (exact) mass is 356 g/mol. The summed E-state index contributed by atoms with van der Waals surface area (Å²) in [5, 5.41) is 2.84. The maximum Gasteiger partial charge on any atom is 0.255 e. The minimum absolute atomic E-state index is 0.139. The average molecular weight is 357 g/mol. The fourth-order valence-corrected chi connectivity index (χ4v) is 2.56. The van der Waals surface area contributed by atoms with E-state index in [1.807, 2.05) is 31.2 Å².